The molecule has 1 fully saturated rings. The number of nitrogens with zero attached hydrogens (tertiary/aromatic N) is 3. The average Bonchev–Trinajstić information content (AvgIpc) is 2.88. The highest BCUT2D eigenvalue weighted by Gasteiger charge is 2.28. The van der Waals surface area contributed by atoms with Crippen molar-refractivity contribution in [2.24, 2.45) is 5.92 Å². The van der Waals surface area contributed by atoms with Crippen LogP contribution in [0.5, 0.6) is 0 Å². The molecule has 2 aromatic carbocycles. The van der Waals surface area contributed by atoms with Gasteiger partial charge < -0.3 is 9.80 Å². The third-order valence-electron chi connectivity index (χ3n) is 7.08. The monoisotopic (exact) mass is 447 g/mol. The van der Waals surface area contributed by atoms with E-state index in [2.05, 4.69) is 40.1 Å². The largest absolute Gasteiger partial charge is 0.337 e. The lowest BCUT2D eigenvalue weighted by Crippen LogP contribution is -2.41. The van der Waals surface area contributed by atoms with Crippen molar-refractivity contribution in [3.8, 4) is 0 Å². The summed E-state index contributed by atoms with van der Waals surface area (Å²) in [5, 5.41) is 0. The Morgan fingerprint density at radius 2 is 1.55 bits per heavy atom. The third kappa shape index (κ3) is 6.23. The Labute approximate surface area is 198 Å². The first-order chi connectivity index (χ1) is 16.1. The quantitative estimate of drug-likeness (QED) is 0.675. The van der Waals surface area contributed by atoms with E-state index in [4.69, 9.17) is 0 Å². The lowest BCUT2D eigenvalue weighted by Gasteiger charge is -2.32. The highest BCUT2D eigenvalue weighted by molar-refractivity contribution is 5.92. The smallest absolute Gasteiger partial charge is 0.226 e. The Hall–Kier alpha value is -2.66. The number of fused-ring (bicyclic) bond motifs is 1. The van der Waals surface area contributed by atoms with Gasteiger partial charge in [-0.3, -0.25) is 14.5 Å². The minimum absolute atomic E-state index is 0.0569. The van der Waals surface area contributed by atoms with Crippen LogP contribution in [0, 0.1) is 5.92 Å². The van der Waals surface area contributed by atoms with Gasteiger partial charge in [0.05, 0.1) is 0 Å². The fourth-order valence-corrected chi connectivity index (χ4v) is 5.26. The van der Waals surface area contributed by atoms with Crippen molar-refractivity contribution in [1.82, 2.24) is 9.80 Å². The minimum atomic E-state index is 0.0569. The number of amides is 2. The molecule has 0 atom stereocenters. The number of para-hydroxylation sites is 1. The predicted molar refractivity (Wildman–Crippen MR) is 133 cm³/mol. The lowest BCUT2D eigenvalue weighted by molar-refractivity contribution is -0.137. The van der Waals surface area contributed by atoms with E-state index in [1.165, 1.54) is 12.0 Å². The number of carbonyl (C=O) groups excluding carboxylic acids is 2. The van der Waals surface area contributed by atoms with E-state index in [-0.39, 0.29) is 17.7 Å². The molecule has 0 bridgehead atoms. The number of benzene rings is 2. The molecule has 0 aromatic heterocycles. The maximum atomic E-state index is 13.6. The first kappa shape index (κ1) is 23.5. The van der Waals surface area contributed by atoms with E-state index in [1.54, 1.807) is 6.92 Å². The molecule has 1 saturated carbocycles. The lowest BCUT2D eigenvalue weighted by atomic mass is 9.88. The van der Waals surface area contributed by atoms with Gasteiger partial charge >= 0.3 is 0 Å². The molecule has 0 unspecified atom stereocenters. The third-order valence-corrected chi connectivity index (χ3v) is 7.08. The van der Waals surface area contributed by atoms with Crippen LogP contribution in [0.3, 0.4) is 0 Å². The van der Waals surface area contributed by atoms with Gasteiger partial charge in [0.15, 0.2) is 0 Å². The van der Waals surface area contributed by atoms with E-state index in [9.17, 15) is 9.59 Å². The zero-order chi connectivity index (χ0) is 23.0. The number of carbonyl (C=O) groups is 2. The van der Waals surface area contributed by atoms with E-state index in [1.807, 2.05) is 29.2 Å². The van der Waals surface area contributed by atoms with Crippen molar-refractivity contribution < 1.29 is 9.59 Å². The van der Waals surface area contributed by atoms with Gasteiger partial charge in [-0.1, -0.05) is 67.8 Å². The molecular formula is C28H37N3O2. The van der Waals surface area contributed by atoms with Crippen molar-refractivity contribution in [2.75, 3.05) is 31.1 Å². The molecule has 0 N–H and O–H groups in total. The average molecular weight is 448 g/mol. The van der Waals surface area contributed by atoms with Gasteiger partial charge in [-0.2, -0.15) is 0 Å². The topological polar surface area (TPSA) is 43.9 Å². The summed E-state index contributed by atoms with van der Waals surface area (Å²) >= 11 is 0. The van der Waals surface area contributed by atoms with Crippen LogP contribution >= 0.6 is 0 Å². The Morgan fingerprint density at radius 3 is 2.30 bits per heavy atom. The molecule has 4 rings (SSSR count). The number of hydrogen-bond acceptors (Lipinski definition) is 3. The summed E-state index contributed by atoms with van der Waals surface area (Å²) < 4.78 is 0. The number of anilines is 1. The zero-order valence-electron chi connectivity index (χ0n) is 19.9. The van der Waals surface area contributed by atoms with Crippen LogP contribution in [-0.4, -0.2) is 47.8 Å². The van der Waals surface area contributed by atoms with Crippen LogP contribution in [0.25, 0.3) is 0 Å². The fraction of sp³-hybridized carbons (Fsp3) is 0.500. The second-order valence-corrected chi connectivity index (χ2v) is 9.51. The number of hydrogen-bond donors (Lipinski definition) is 0. The summed E-state index contributed by atoms with van der Waals surface area (Å²) in [6.07, 6.45) is 6.45. The highest BCUT2D eigenvalue weighted by Crippen LogP contribution is 2.28. The zero-order valence-corrected chi connectivity index (χ0v) is 19.9. The van der Waals surface area contributed by atoms with Crippen LogP contribution in [0.15, 0.2) is 54.6 Å². The summed E-state index contributed by atoms with van der Waals surface area (Å²) in [7, 11) is 0. The van der Waals surface area contributed by atoms with E-state index in [0.717, 1.165) is 69.5 Å². The molecule has 1 aliphatic heterocycles. The summed E-state index contributed by atoms with van der Waals surface area (Å²) in [4.78, 5) is 32.6. The second kappa shape index (κ2) is 11.5. The van der Waals surface area contributed by atoms with Crippen LogP contribution in [0.4, 0.5) is 5.69 Å². The molecular weight excluding hydrogens is 410 g/mol. The van der Waals surface area contributed by atoms with Crippen LogP contribution in [-0.2, 0) is 22.7 Å². The fourth-order valence-electron chi connectivity index (χ4n) is 5.26. The molecule has 1 aliphatic carbocycles. The minimum Gasteiger partial charge on any atom is -0.337 e. The first-order valence-corrected chi connectivity index (χ1v) is 12.5. The standard InChI is InChI=1S/C28H37N3O2/c1-23(32)31-18-10-17-29(21-24-11-4-2-5-12-24)19-20-30(22-26-15-8-9-16-27(26)31)28(33)25-13-6-3-7-14-25/h2,4-5,8-9,11-12,15-16,25H,3,6-7,10,13-14,17-22H2,1H3. The van der Waals surface area contributed by atoms with Gasteiger partial charge in [0.25, 0.3) is 0 Å². The van der Waals surface area contributed by atoms with Crippen LogP contribution in [0.1, 0.15) is 56.6 Å². The molecule has 0 radical (unpaired) electrons. The van der Waals surface area contributed by atoms with Crippen molar-refractivity contribution in [1.29, 1.82) is 0 Å². The maximum absolute atomic E-state index is 13.6. The van der Waals surface area contributed by atoms with Crippen molar-refractivity contribution >= 4 is 17.5 Å². The summed E-state index contributed by atoms with van der Waals surface area (Å²) in [6.45, 7) is 6.21. The molecule has 2 aliphatic rings. The first-order valence-electron chi connectivity index (χ1n) is 12.5. The molecule has 5 heteroatoms. The Balaban J connectivity index is 1.61. The van der Waals surface area contributed by atoms with Gasteiger partial charge in [0, 0.05) is 57.8 Å². The molecule has 176 valence electrons. The van der Waals surface area contributed by atoms with Gasteiger partial charge in [-0.15, -0.1) is 0 Å². The SMILES string of the molecule is CC(=O)N1CCCN(Cc2ccccc2)CCN(C(=O)C2CCCCC2)Cc2ccccc21. The predicted octanol–water partition coefficient (Wildman–Crippen LogP) is 4.85. The van der Waals surface area contributed by atoms with E-state index < -0.39 is 0 Å². The molecule has 0 saturated heterocycles. The Morgan fingerprint density at radius 1 is 0.818 bits per heavy atom. The summed E-state index contributed by atoms with van der Waals surface area (Å²) in [6, 6.07) is 18.6. The van der Waals surface area contributed by atoms with Crippen molar-refractivity contribution in [3.63, 3.8) is 0 Å². The van der Waals surface area contributed by atoms with Crippen LogP contribution < -0.4 is 4.90 Å². The van der Waals surface area contributed by atoms with E-state index in [0.29, 0.717) is 13.1 Å². The van der Waals surface area contributed by atoms with Gasteiger partial charge in [0.1, 0.15) is 0 Å². The van der Waals surface area contributed by atoms with Crippen molar-refractivity contribution in [3.05, 3.63) is 65.7 Å². The molecule has 2 aromatic rings. The Bertz CT molecular complexity index is 924. The van der Waals surface area contributed by atoms with Crippen LogP contribution in [0.2, 0.25) is 0 Å². The molecule has 1 heterocycles. The molecule has 33 heavy (non-hydrogen) atoms. The highest BCUT2D eigenvalue weighted by atomic mass is 16.2. The van der Waals surface area contributed by atoms with Crippen molar-refractivity contribution in [2.45, 2.75) is 58.5 Å². The summed E-state index contributed by atoms with van der Waals surface area (Å²) in [5.41, 5.74) is 3.29. The van der Waals surface area contributed by atoms with Gasteiger partial charge in [0.2, 0.25) is 11.8 Å². The normalized spacial score (nSPS) is 18.9. The molecule has 5 nitrogen and oxygen atoms in total. The van der Waals surface area contributed by atoms with Gasteiger partial charge in [-0.25, -0.2) is 0 Å². The van der Waals surface area contributed by atoms with E-state index >= 15 is 0 Å². The number of rotatable bonds is 3. The second-order valence-electron chi connectivity index (χ2n) is 9.51. The maximum Gasteiger partial charge on any atom is 0.226 e. The molecule has 0 spiro atoms. The van der Waals surface area contributed by atoms with Gasteiger partial charge in [-0.05, 0) is 36.5 Å². The Kier molecular flexibility index (Phi) is 8.16. The molecule has 2 amide bonds. The summed E-state index contributed by atoms with van der Waals surface area (Å²) in [5.74, 6) is 0.488.